The van der Waals surface area contributed by atoms with Crippen molar-refractivity contribution in [3.63, 3.8) is 0 Å². The van der Waals surface area contributed by atoms with Crippen LogP contribution in [0.1, 0.15) is 56.1 Å². The monoisotopic (exact) mass is 557 g/mol. The van der Waals surface area contributed by atoms with Crippen LogP contribution in [0, 0.1) is 0 Å². The summed E-state index contributed by atoms with van der Waals surface area (Å²) in [5.74, 6) is -1.47. The van der Waals surface area contributed by atoms with Crippen molar-refractivity contribution < 1.29 is 33.3 Å². The summed E-state index contributed by atoms with van der Waals surface area (Å²) in [4.78, 5) is 38.1. The Morgan fingerprint density at radius 1 is 0.974 bits per heavy atom. The number of nitrogens with zero attached hydrogens (tertiary/aromatic N) is 1. The van der Waals surface area contributed by atoms with Crippen molar-refractivity contribution in [2.75, 3.05) is 19.3 Å². The summed E-state index contributed by atoms with van der Waals surface area (Å²) in [7, 11) is -2.07. The number of carboxylic acids is 1. The fourth-order valence-electron chi connectivity index (χ4n) is 4.52. The number of hydrogen-bond donors (Lipinski definition) is 2. The lowest BCUT2D eigenvalue weighted by molar-refractivity contribution is -0.151. The van der Waals surface area contributed by atoms with Crippen LogP contribution in [-0.4, -0.2) is 59.4 Å². The SMILES string of the molecule is O=C(NCCCC[C@H](O[P+](=O)CCCCc1ccccc1)C(=O)N1CCC[C@H]1C(=O)O)OCc1ccccc1. The Kier molecular flexibility index (Phi) is 12.9. The summed E-state index contributed by atoms with van der Waals surface area (Å²) >= 11 is 0. The van der Waals surface area contributed by atoms with E-state index in [1.807, 2.05) is 48.5 Å². The molecule has 210 valence electrons. The van der Waals surface area contributed by atoms with Crippen LogP contribution in [0.4, 0.5) is 4.79 Å². The number of ether oxygens (including phenoxy) is 1. The molecule has 2 N–H and O–H groups in total. The van der Waals surface area contributed by atoms with E-state index in [0.29, 0.717) is 51.4 Å². The molecule has 0 radical (unpaired) electrons. The second-order valence-corrected chi connectivity index (χ2v) is 10.9. The van der Waals surface area contributed by atoms with Crippen molar-refractivity contribution in [1.82, 2.24) is 10.2 Å². The molecule has 0 bridgehead atoms. The minimum absolute atomic E-state index is 0.177. The van der Waals surface area contributed by atoms with Gasteiger partial charge in [-0.2, -0.15) is 0 Å². The average molecular weight is 558 g/mol. The minimum Gasteiger partial charge on any atom is -0.480 e. The van der Waals surface area contributed by atoms with Crippen molar-refractivity contribution in [2.45, 2.75) is 70.1 Å². The molecule has 0 aliphatic carbocycles. The molecule has 1 heterocycles. The van der Waals surface area contributed by atoms with Gasteiger partial charge in [0.25, 0.3) is 5.91 Å². The van der Waals surface area contributed by atoms with E-state index < -0.39 is 38.1 Å². The van der Waals surface area contributed by atoms with E-state index in [4.69, 9.17) is 9.26 Å². The van der Waals surface area contributed by atoms with Crippen LogP contribution in [-0.2, 0) is 36.4 Å². The Morgan fingerprint density at radius 2 is 1.67 bits per heavy atom. The highest BCUT2D eigenvalue weighted by Crippen LogP contribution is 2.30. The van der Waals surface area contributed by atoms with Crippen LogP contribution in [0.3, 0.4) is 0 Å². The fourth-order valence-corrected chi connectivity index (χ4v) is 5.59. The Hall–Kier alpha value is -3.29. The number of nitrogens with one attached hydrogen (secondary N) is 1. The third-order valence-electron chi connectivity index (χ3n) is 6.62. The maximum Gasteiger partial charge on any atom is 0.508 e. The predicted molar refractivity (Wildman–Crippen MR) is 148 cm³/mol. The van der Waals surface area contributed by atoms with Crippen molar-refractivity contribution in [3.8, 4) is 0 Å². The van der Waals surface area contributed by atoms with Crippen LogP contribution in [0.5, 0.6) is 0 Å². The molecule has 0 saturated carbocycles. The molecule has 39 heavy (non-hydrogen) atoms. The van der Waals surface area contributed by atoms with Crippen molar-refractivity contribution in [2.24, 2.45) is 0 Å². The fraction of sp³-hybridized carbons (Fsp3) is 0.483. The summed E-state index contributed by atoms with van der Waals surface area (Å²) in [6, 6.07) is 18.5. The molecule has 1 aliphatic rings. The summed E-state index contributed by atoms with van der Waals surface area (Å²) in [6.07, 6.45) is 3.63. The maximum absolute atomic E-state index is 13.2. The molecule has 1 unspecified atom stereocenters. The molecular formula is C29H38N2O7P+. The first-order valence-corrected chi connectivity index (χ1v) is 14.9. The quantitative estimate of drug-likeness (QED) is 0.212. The topological polar surface area (TPSA) is 122 Å². The Bertz CT molecular complexity index is 1070. The highest BCUT2D eigenvalue weighted by atomic mass is 31.1. The van der Waals surface area contributed by atoms with Gasteiger partial charge in [0.2, 0.25) is 0 Å². The predicted octanol–water partition coefficient (Wildman–Crippen LogP) is 5.31. The molecule has 10 heteroatoms. The second-order valence-electron chi connectivity index (χ2n) is 9.61. The largest absolute Gasteiger partial charge is 0.508 e. The van der Waals surface area contributed by atoms with E-state index >= 15 is 0 Å². The molecular weight excluding hydrogens is 519 g/mol. The van der Waals surface area contributed by atoms with Gasteiger partial charge in [0, 0.05) is 13.1 Å². The van der Waals surface area contributed by atoms with Crippen LogP contribution in [0.15, 0.2) is 60.7 Å². The highest BCUT2D eigenvalue weighted by Gasteiger charge is 2.40. The summed E-state index contributed by atoms with van der Waals surface area (Å²) in [5.41, 5.74) is 2.11. The molecule has 3 rings (SSSR count). The number of hydrogen-bond acceptors (Lipinski definition) is 6. The number of alkyl carbamates (subject to hydrolysis) is 1. The van der Waals surface area contributed by atoms with Crippen LogP contribution < -0.4 is 5.32 Å². The molecule has 9 nitrogen and oxygen atoms in total. The number of carboxylic acid groups (broad SMARTS) is 1. The number of carbonyl (C=O) groups is 3. The lowest BCUT2D eigenvalue weighted by Gasteiger charge is -2.24. The number of aliphatic carboxylic acids is 1. The second kappa shape index (κ2) is 16.6. The summed E-state index contributed by atoms with van der Waals surface area (Å²) < 4.78 is 23.7. The van der Waals surface area contributed by atoms with Gasteiger partial charge in [0.1, 0.15) is 12.6 Å². The molecule has 2 aromatic carbocycles. The normalized spacial score (nSPS) is 15.9. The van der Waals surface area contributed by atoms with E-state index in [1.54, 1.807) is 0 Å². The van der Waals surface area contributed by atoms with Gasteiger partial charge in [-0.1, -0.05) is 60.7 Å². The first kappa shape index (κ1) is 30.3. The van der Waals surface area contributed by atoms with E-state index in [2.05, 4.69) is 17.4 Å². The van der Waals surface area contributed by atoms with Gasteiger partial charge in [-0.3, -0.25) is 4.79 Å². The molecule has 0 aromatic heterocycles. The molecule has 2 amide bonds. The first-order valence-electron chi connectivity index (χ1n) is 13.6. The lowest BCUT2D eigenvalue weighted by Crippen LogP contribution is -2.45. The smallest absolute Gasteiger partial charge is 0.480 e. The number of carbonyl (C=O) groups excluding carboxylic acids is 2. The molecule has 0 spiro atoms. The highest BCUT2D eigenvalue weighted by molar-refractivity contribution is 7.39. The van der Waals surface area contributed by atoms with Crippen molar-refractivity contribution >= 4 is 26.0 Å². The van der Waals surface area contributed by atoms with E-state index in [0.717, 1.165) is 18.4 Å². The van der Waals surface area contributed by atoms with Gasteiger partial charge in [0.15, 0.2) is 12.3 Å². The third-order valence-corrected chi connectivity index (χ3v) is 7.79. The molecule has 1 fully saturated rings. The zero-order chi connectivity index (χ0) is 27.9. The van der Waals surface area contributed by atoms with Gasteiger partial charge in [-0.25, -0.2) is 9.59 Å². The van der Waals surface area contributed by atoms with Gasteiger partial charge >= 0.3 is 20.1 Å². The summed E-state index contributed by atoms with van der Waals surface area (Å²) in [5, 5.41) is 12.2. The molecule has 2 aromatic rings. The Labute approximate surface area is 230 Å². The van der Waals surface area contributed by atoms with Crippen molar-refractivity contribution in [3.05, 3.63) is 71.8 Å². The van der Waals surface area contributed by atoms with Crippen LogP contribution in [0.2, 0.25) is 0 Å². The average Bonchev–Trinajstić information content (AvgIpc) is 3.45. The van der Waals surface area contributed by atoms with E-state index in [1.165, 1.54) is 10.5 Å². The standard InChI is InChI=1S/C29H37N2O7P/c32-27(31-20-11-17-25(31)28(33)34)26(38-39(36)21-10-8-14-23-12-3-1-4-13-23)18-7-9-19-30-29(35)37-22-24-15-5-2-6-16-24/h1-6,12-13,15-16,25-26H,7-11,14,17-22H2,(H-,30,33,34,35)/p+1/t25-,26-/m0/s1. The number of benzene rings is 2. The van der Waals surface area contributed by atoms with E-state index in [9.17, 15) is 24.1 Å². The van der Waals surface area contributed by atoms with Crippen LogP contribution >= 0.6 is 8.03 Å². The number of aryl methyl sites for hydroxylation is 1. The van der Waals surface area contributed by atoms with Crippen molar-refractivity contribution in [1.29, 1.82) is 0 Å². The number of amides is 2. The molecule has 1 aliphatic heterocycles. The third kappa shape index (κ3) is 10.8. The van der Waals surface area contributed by atoms with E-state index in [-0.39, 0.29) is 13.0 Å². The number of likely N-dealkylation sites (tertiary alicyclic amines) is 1. The number of rotatable bonds is 16. The number of unbranched alkanes of at least 4 members (excludes halogenated alkanes) is 2. The summed E-state index contributed by atoms with van der Waals surface area (Å²) in [6.45, 7) is 0.871. The van der Waals surface area contributed by atoms with Crippen LogP contribution in [0.25, 0.3) is 0 Å². The molecule has 1 saturated heterocycles. The van der Waals surface area contributed by atoms with Gasteiger partial charge in [-0.15, -0.1) is 4.52 Å². The zero-order valence-corrected chi connectivity index (χ0v) is 23.1. The molecule has 3 atom stereocenters. The Balaban J connectivity index is 1.43. The maximum atomic E-state index is 13.2. The first-order chi connectivity index (χ1) is 18.9. The minimum atomic E-state index is -2.07. The van der Waals surface area contributed by atoms with Gasteiger partial charge in [-0.05, 0) is 67.1 Å². The van der Waals surface area contributed by atoms with Gasteiger partial charge < -0.3 is 20.1 Å². The van der Waals surface area contributed by atoms with Gasteiger partial charge in [0.05, 0.1) is 0 Å². The zero-order valence-electron chi connectivity index (χ0n) is 22.2. The lowest BCUT2D eigenvalue weighted by atomic mass is 10.1. The Morgan fingerprint density at radius 3 is 2.36 bits per heavy atom.